The SMILES string of the molecule is NCCOCCOCCOCCOCCOCCOCCOCCOCCOCCOCCn1cc(C[C@H](N)C(=O)NCCCC[C@H](N)C(=O)O)nn1. The van der Waals surface area contributed by atoms with Crippen molar-refractivity contribution in [2.24, 2.45) is 17.2 Å². The van der Waals surface area contributed by atoms with Crippen LogP contribution in [0.15, 0.2) is 6.20 Å². The van der Waals surface area contributed by atoms with E-state index in [1.54, 1.807) is 10.9 Å². The van der Waals surface area contributed by atoms with Gasteiger partial charge in [0.25, 0.3) is 0 Å². The van der Waals surface area contributed by atoms with E-state index < -0.39 is 18.1 Å². The molecule has 310 valence electrons. The van der Waals surface area contributed by atoms with Crippen LogP contribution in [-0.4, -0.2) is 189 Å². The molecule has 8 N–H and O–H groups in total. The molecule has 53 heavy (non-hydrogen) atoms. The summed E-state index contributed by atoms with van der Waals surface area (Å²) in [7, 11) is 0. The number of carboxylic acids is 1. The van der Waals surface area contributed by atoms with E-state index in [1.807, 2.05) is 0 Å². The van der Waals surface area contributed by atoms with Gasteiger partial charge in [-0.2, -0.15) is 0 Å². The highest BCUT2D eigenvalue weighted by atomic mass is 16.6. The van der Waals surface area contributed by atoms with Crippen LogP contribution in [0.1, 0.15) is 25.0 Å². The van der Waals surface area contributed by atoms with Gasteiger partial charge in [-0.25, -0.2) is 4.68 Å². The van der Waals surface area contributed by atoms with Crippen LogP contribution in [0.4, 0.5) is 0 Å². The summed E-state index contributed by atoms with van der Waals surface area (Å²) in [5.41, 5.74) is 17.4. The number of amides is 1. The number of ether oxygens (including phenoxy) is 10. The topological polar surface area (TPSA) is 267 Å². The average Bonchev–Trinajstić information content (AvgIpc) is 3.60. The van der Waals surface area contributed by atoms with Crippen molar-refractivity contribution in [3.05, 3.63) is 11.9 Å². The maximum Gasteiger partial charge on any atom is 0.320 e. The summed E-state index contributed by atoms with van der Waals surface area (Å²) in [6.07, 6.45) is 3.53. The molecule has 0 unspecified atom stereocenters. The first kappa shape index (κ1) is 48.6. The molecule has 0 saturated carbocycles. The van der Waals surface area contributed by atoms with Crippen LogP contribution < -0.4 is 22.5 Å². The predicted molar refractivity (Wildman–Crippen MR) is 191 cm³/mol. The van der Waals surface area contributed by atoms with Crippen molar-refractivity contribution in [3.8, 4) is 0 Å². The van der Waals surface area contributed by atoms with Gasteiger partial charge < -0.3 is 75.0 Å². The molecule has 1 amide bonds. The van der Waals surface area contributed by atoms with Crippen LogP contribution in [0.3, 0.4) is 0 Å². The summed E-state index contributed by atoms with van der Waals surface area (Å²) < 4.78 is 56.1. The molecule has 0 aliphatic carbocycles. The van der Waals surface area contributed by atoms with Gasteiger partial charge in [0.15, 0.2) is 0 Å². The third-order valence-corrected chi connectivity index (χ3v) is 6.99. The highest BCUT2D eigenvalue weighted by molar-refractivity contribution is 5.81. The van der Waals surface area contributed by atoms with Gasteiger partial charge in [0.05, 0.1) is 150 Å². The molecule has 0 bridgehead atoms. The normalized spacial score (nSPS) is 12.7. The van der Waals surface area contributed by atoms with Gasteiger partial charge in [0, 0.05) is 25.7 Å². The van der Waals surface area contributed by atoms with Gasteiger partial charge in [0.2, 0.25) is 5.91 Å². The number of carbonyl (C=O) groups excluding carboxylic acids is 1. The molecule has 0 aliphatic heterocycles. The van der Waals surface area contributed by atoms with Gasteiger partial charge in [0.1, 0.15) is 6.04 Å². The van der Waals surface area contributed by atoms with E-state index in [4.69, 9.17) is 69.7 Å². The number of aliphatic carboxylic acids is 1. The molecule has 1 aromatic heterocycles. The molecule has 1 heterocycles. The first-order valence-electron chi connectivity index (χ1n) is 18.3. The fraction of sp³-hybridized carbons (Fsp3) is 0.879. The summed E-state index contributed by atoms with van der Waals surface area (Å²) in [6.45, 7) is 11.1. The van der Waals surface area contributed by atoms with Gasteiger partial charge in [-0.3, -0.25) is 9.59 Å². The second-order valence-electron chi connectivity index (χ2n) is 11.4. The first-order chi connectivity index (χ1) is 25.9. The number of hydrogen-bond donors (Lipinski definition) is 5. The molecule has 1 rings (SSSR count). The maximum absolute atomic E-state index is 12.2. The van der Waals surface area contributed by atoms with Crippen molar-refractivity contribution in [2.75, 3.05) is 145 Å². The lowest BCUT2D eigenvalue weighted by Crippen LogP contribution is -2.42. The van der Waals surface area contributed by atoms with Crippen LogP contribution in [0.5, 0.6) is 0 Å². The average molecular weight is 768 g/mol. The van der Waals surface area contributed by atoms with Crippen molar-refractivity contribution in [2.45, 2.75) is 44.3 Å². The lowest BCUT2D eigenvalue weighted by molar-refractivity contribution is -0.138. The molecule has 2 atom stereocenters. The van der Waals surface area contributed by atoms with Gasteiger partial charge >= 0.3 is 5.97 Å². The number of carbonyl (C=O) groups is 2. The molecule has 20 heteroatoms. The molecule has 1 aromatic rings. The minimum absolute atomic E-state index is 0.241. The second kappa shape index (κ2) is 36.5. The maximum atomic E-state index is 12.2. The molecular formula is C33H65N7O13. The number of nitrogens with two attached hydrogens (primary N) is 3. The smallest absolute Gasteiger partial charge is 0.320 e. The quantitative estimate of drug-likeness (QED) is 0.0450. The van der Waals surface area contributed by atoms with Gasteiger partial charge in [-0.1, -0.05) is 5.21 Å². The fourth-order valence-electron chi connectivity index (χ4n) is 4.14. The first-order valence-corrected chi connectivity index (χ1v) is 18.3. The lowest BCUT2D eigenvalue weighted by atomic mass is 10.1. The monoisotopic (exact) mass is 767 g/mol. The minimum atomic E-state index is -1.03. The van der Waals surface area contributed by atoms with Gasteiger partial charge in [-0.05, 0) is 19.3 Å². The number of nitrogens with zero attached hydrogens (tertiary/aromatic N) is 3. The van der Waals surface area contributed by atoms with E-state index in [0.717, 1.165) is 0 Å². The highest BCUT2D eigenvalue weighted by Gasteiger charge is 2.16. The van der Waals surface area contributed by atoms with Crippen molar-refractivity contribution < 1.29 is 62.1 Å². The third-order valence-electron chi connectivity index (χ3n) is 6.99. The number of unbranched alkanes of at least 4 members (excludes halogenated alkanes) is 1. The van der Waals surface area contributed by atoms with E-state index in [0.29, 0.717) is 177 Å². The highest BCUT2D eigenvalue weighted by Crippen LogP contribution is 2.01. The fourth-order valence-corrected chi connectivity index (χ4v) is 4.14. The van der Waals surface area contributed by atoms with E-state index >= 15 is 0 Å². The Hall–Kier alpha value is -2.44. The molecule has 0 aliphatic rings. The standard InChI is InChI=1S/C33H65N7O13/c34-4-7-44-9-11-46-13-15-48-17-19-50-21-23-52-25-26-53-24-22-51-20-18-49-16-14-47-12-10-45-8-6-40-28-29(38-39-40)27-31(36)32(41)37-5-2-1-3-30(35)33(42)43/h28,30-31H,1-27,34-36H2,(H,37,41)(H,42,43)/t30-,31-/m0/s1. The summed E-state index contributed by atoms with van der Waals surface area (Å²) in [5, 5.41) is 19.6. The number of rotatable bonds is 41. The lowest BCUT2D eigenvalue weighted by Gasteiger charge is -2.11. The van der Waals surface area contributed by atoms with Crippen molar-refractivity contribution in [1.82, 2.24) is 20.3 Å². The molecule has 0 saturated heterocycles. The zero-order chi connectivity index (χ0) is 38.5. The Labute approximate surface area is 312 Å². The Morgan fingerprint density at radius 1 is 0.623 bits per heavy atom. The van der Waals surface area contributed by atoms with Crippen LogP contribution in [0.25, 0.3) is 0 Å². The summed E-state index contributed by atoms with van der Waals surface area (Å²) in [4.78, 5) is 22.9. The van der Waals surface area contributed by atoms with E-state index in [1.165, 1.54) is 0 Å². The number of aromatic nitrogens is 3. The van der Waals surface area contributed by atoms with Crippen molar-refractivity contribution >= 4 is 11.9 Å². The second-order valence-corrected chi connectivity index (χ2v) is 11.4. The van der Waals surface area contributed by atoms with E-state index in [-0.39, 0.29) is 12.3 Å². The van der Waals surface area contributed by atoms with Crippen LogP contribution in [0.2, 0.25) is 0 Å². The zero-order valence-corrected chi connectivity index (χ0v) is 31.2. The Bertz CT molecular complexity index is 984. The molecule has 0 radical (unpaired) electrons. The number of hydrogen-bond acceptors (Lipinski definition) is 17. The van der Waals surface area contributed by atoms with Crippen molar-refractivity contribution in [3.63, 3.8) is 0 Å². The molecule has 0 aromatic carbocycles. The summed E-state index contributed by atoms with van der Waals surface area (Å²) >= 11 is 0. The Morgan fingerprint density at radius 3 is 1.42 bits per heavy atom. The number of carboxylic acid groups (broad SMARTS) is 1. The summed E-state index contributed by atoms with van der Waals surface area (Å²) in [5.74, 6) is -1.34. The molecular weight excluding hydrogens is 702 g/mol. The largest absolute Gasteiger partial charge is 0.480 e. The predicted octanol–water partition coefficient (Wildman–Crippen LogP) is -2.03. The Balaban J connectivity index is 1.78. The Morgan fingerprint density at radius 2 is 1.02 bits per heavy atom. The van der Waals surface area contributed by atoms with Crippen LogP contribution >= 0.6 is 0 Å². The van der Waals surface area contributed by atoms with Gasteiger partial charge in [-0.15, -0.1) is 5.10 Å². The van der Waals surface area contributed by atoms with Crippen LogP contribution in [0, 0.1) is 0 Å². The molecule has 0 spiro atoms. The van der Waals surface area contributed by atoms with E-state index in [9.17, 15) is 9.59 Å². The zero-order valence-electron chi connectivity index (χ0n) is 31.2. The molecule has 0 fully saturated rings. The summed E-state index contributed by atoms with van der Waals surface area (Å²) in [6, 6.07) is -1.66. The van der Waals surface area contributed by atoms with E-state index in [2.05, 4.69) is 15.6 Å². The minimum Gasteiger partial charge on any atom is -0.480 e. The number of nitrogens with one attached hydrogen (secondary N) is 1. The van der Waals surface area contributed by atoms with Crippen molar-refractivity contribution in [1.29, 1.82) is 0 Å². The Kier molecular flexibility index (Phi) is 33.5. The van der Waals surface area contributed by atoms with Crippen LogP contribution in [-0.2, 0) is 69.9 Å². The molecule has 20 nitrogen and oxygen atoms in total. The third kappa shape index (κ3) is 31.6.